The van der Waals surface area contributed by atoms with Crippen molar-refractivity contribution in [3.05, 3.63) is 23.3 Å². The van der Waals surface area contributed by atoms with E-state index in [9.17, 15) is 27.4 Å². The van der Waals surface area contributed by atoms with Crippen molar-refractivity contribution in [1.82, 2.24) is 24.7 Å². The zero-order valence-electron chi connectivity index (χ0n) is 17.0. The molecule has 0 radical (unpaired) electrons. The van der Waals surface area contributed by atoms with E-state index in [0.29, 0.717) is 45.7 Å². The molecule has 1 N–H and O–H groups in total. The first kappa shape index (κ1) is 22.3. The number of nitriles is 1. The van der Waals surface area contributed by atoms with Crippen LogP contribution in [0.3, 0.4) is 0 Å². The average Bonchev–Trinajstić information content (AvgIpc) is 3.19. The number of hydrogen-bond donors (Lipinski definition) is 1. The molecule has 2 fully saturated rings. The molecule has 1 unspecified atom stereocenters. The number of hydrogen-bond acceptors (Lipinski definition) is 8. The standard InChI is InChI=1S/C19H17F4N7OS2/c20-15(21)16-26-27-17(32-16)30-14-8-11(33(31)28-18(10-24)1-2-18)7-13(12(14)9-25-30)29-5-3-19(22,23)4-6-29/h7-9,15,28H,1-6H2. The largest absolute Gasteiger partial charge is 0.593 e. The molecule has 1 saturated carbocycles. The lowest BCUT2D eigenvalue weighted by Crippen LogP contribution is -2.39. The molecule has 8 nitrogen and oxygen atoms in total. The van der Waals surface area contributed by atoms with E-state index in [1.807, 2.05) is 0 Å². The van der Waals surface area contributed by atoms with Crippen LogP contribution in [0.15, 0.2) is 23.2 Å². The maximum Gasteiger partial charge on any atom is 0.291 e. The minimum absolute atomic E-state index is 0.0905. The number of aromatic nitrogens is 4. The highest BCUT2D eigenvalue weighted by Crippen LogP contribution is 2.39. The summed E-state index contributed by atoms with van der Waals surface area (Å²) < 4.78 is 70.7. The van der Waals surface area contributed by atoms with E-state index in [1.54, 1.807) is 17.0 Å². The topological polar surface area (TPSA) is 106 Å². The summed E-state index contributed by atoms with van der Waals surface area (Å²) in [5.41, 5.74) is 0.132. The fourth-order valence-corrected chi connectivity index (χ4v) is 5.51. The molecule has 0 bridgehead atoms. The van der Waals surface area contributed by atoms with Crippen LogP contribution in [-0.4, -0.2) is 49.1 Å². The summed E-state index contributed by atoms with van der Waals surface area (Å²) in [6.45, 7) is 0.181. The predicted octanol–water partition coefficient (Wildman–Crippen LogP) is 3.72. The Morgan fingerprint density at radius 1 is 1.18 bits per heavy atom. The molecule has 2 aliphatic rings. The van der Waals surface area contributed by atoms with Crippen molar-refractivity contribution in [1.29, 1.82) is 5.26 Å². The number of nitrogens with one attached hydrogen (secondary N) is 1. The second kappa shape index (κ2) is 8.08. The monoisotopic (exact) mass is 499 g/mol. The van der Waals surface area contributed by atoms with E-state index >= 15 is 0 Å². The van der Waals surface area contributed by atoms with E-state index in [4.69, 9.17) is 0 Å². The van der Waals surface area contributed by atoms with Gasteiger partial charge in [-0.2, -0.15) is 10.4 Å². The molecule has 1 atom stereocenters. The predicted molar refractivity (Wildman–Crippen MR) is 113 cm³/mol. The first-order valence-corrected chi connectivity index (χ1v) is 12.0. The molecule has 5 rings (SSSR count). The molecular weight excluding hydrogens is 482 g/mol. The van der Waals surface area contributed by atoms with Crippen LogP contribution in [-0.2, 0) is 11.4 Å². The fraction of sp³-hybridized carbons (Fsp3) is 0.474. The minimum Gasteiger partial charge on any atom is -0.593 e. The van der Waals surface area contributed by atoms with Crippen LogP contribution in [0.25, 0.3) is 16.0 Å². The van der Waals surface area contributed by atoms with Crippen molar-refractivity contribution < 1.29 is 22.1 Å². The molecule has 1 saturated heterocycles. The minimum atomic E-state index is -2.78. The highest BCUT2D eigenvalue weighted by Gasteiger charge is 2.48. The van der Waals surface area contributed by atoms with Gasteiger partial charge in [-0.25, -0.2) is 22.2 Å². The van der Waals surface area contributed by atoms with Crippen LogP contribution in [0.5, 0.6) is 0 Å². The third-order valence-electron chi connectivity index (χ3n) is 5.74. The van der Waals surface area contributed by atoms with E-state index < -0.39 is 34.3 Å². The number of halogens is 4. The summed E-state index contributed by atoms with van der Waals surface area (Å²) in [5.74, 6) is -2.74. The van der Waals surface area contributed by atoms with Gasteiger partial charge in [0.2, 0.25) is 5.13 Å². The molecule has 0 amide bonds. The normalized spacial score (nSPS) is 20.2. The molecule has 33 heavy (non-hydrogen) atoms. The first-order valence-electron chi connectivity index (χ1n) is 10.1. The van der Waals surface area contributed by atoms with Crippen molar-refractivity contribution in [3.8, 4) is 11.2 Å². The molecule has 14 heteroatoms. The summed E-state index contributed by atoms with van der Waals surface area (Å²) in [6.07, 6.45) is -0.773. The van der Waals surface area contributed by atoms with Crippen molar-refractivity contribution in [2.45, 2.75) is 48.5 Å². The summed E-state index contributed by atoms with van der Waals surface area (Å²) >= 11 is -1.09. The van der Waals surface area contributed by atoms with Crippen LogP contribution in [0.1, 0.15) is 37.1 Å². The highest BCUT2D eigenvalue weighted by molar-refractivity contribution is 7.89. The molecule has 2 aromatic heterocycles. The van der Waals surface area contributed by atoms with Crippen molar-refractivity contribution >= 4 is 39.3 Å². The van der Waals surface area contributed by atoms with Gasteiger partial charge in [0.25, 0.3) is 12.3 Å². The lowest BCUT2D eigenvalue weighted by atomic mass is 10.1. The number of piperidine rings is 1. The van der Waals surface area contributed by atoms with Gasteiger partial charge in [-0.05, 0) is 12.8 Å². The fourth-order valence-electron chi connectivity index (χ4n) is 3.68. The Morgan fingerprint density at radius 2 is 1.91 bits per heavy atom. The van der Waals surface area contributed by atoms with E-state index in [0.717, 1.165) is 0 Å². The molecule has 1 aromatic carbocycles. The van der Waals surface area contributed by atoms with Gasteiger partial charge in [-0.3, -0.25) is 0 Å². The lowest BCUT2D eigenvalue weighted by molar-refractivity contribution is -0.0220. The first-order chi connectivity index (χ1) is 15.7. The van der Waals surface area contributed by atoms with Gasteiger partial charge in [-0.1, -0.05) is 11.3 Å². The third kappa shape index (κ3) is 4.25. The van der Waals surface area contributed by atoms with Crippen LogP contribution in [0.2, 0.25) is 0 Å². The Hall–Kier alpha value is -2.47. The van der Waals surface area contributed by atoms with Crippen LogP contribution in [0, 0.1) is 11.3 Å². The van der Waals surface area contributed by atoms with Gasteiger partial charge in [-0.15, -0.1) is 14.9 Å². The summed E-state index contributed by atoms with van der Waals surface area (Å²) in [7, 11) is 0. The summed E-state index contributed by atoms with van der Waals surface area (Å²) in [4.78, 5) is 2.09. The molecule has 1 aliphatic carbocycles. The highest BCUT2D eigenvalue weighted by atomic mass is 32.2. The van der Waals surface area contributed by atoms with Gasteiger partial charge in [0, 0.05) is 43.5 Å². The van der Waals surface area contributed by atoms with Gasteiger partial charge in [0.05, 0.1) is 34.8 Å². The Labute approximate surface area is 192 Å². The van der Waals surface area contributed by atoms with Crippen LogP contribution >= 0.6 is 11.3 Å². The van der Waals surface area contributed by atoms with Crippen molar-refractivity contribution in [3.63, 3.8) is 0 Å². The van der Waals surface area contributed by atoms with E-state index in [1.165, 1.54) is 10.9 Å². The summed E-state index contributed by atoms with van der Waals surface area (Å²) in [6, 6.07) is 5.33. The van der Waals surface area contributed by atoms with Gasteiger partial charge in [0.15, 0.2) is 9.90 Å². The van der Waals surface area contributed by atoms with Crippen molar-refractivity contribution in [2.24, 2.45) is 0 Å². The Balaban J connectivity index is 1.58. The molecule has 0 spiro atoms. The molecule has 3 heterocycles. The molecule has 3 aromatic rings. The number of fused-ring (bicyclic) bond motifs is 1. The Kier molecular flexibility index (Phi) is 5.47. The second-order valence-corrected chi connectivity index (χ2v) is 10.3. The van der Waals surface area contributed by atoms with Crippen LogP contribution in [0.4, 0.5) is 23.2 Å². The second-order valence-electron chi connectivity index (χ2n) is 8.06. The maximum absolute atomic E-state index is 13.7. The van der Waals surface area contributed by atoms with Gasteiger partial charge < -0.3 is 9.45 Å². The molecule has 1 aliphatic heterocycles. The smallest absolute Gasteiger partial charge is 0.291 e. The van der Waals surface area contributed by atoms with Crippen molar-refractivity contribution in [2.75, 3.05) is 18.0 Å². The number of benzene rings is 1. The number of nitrogens with zero attached hydrogens (tertiary/aromatic N) is 6. The number of anilines is 1. The third-order valence-corrected chi connectivity index (χ3v) is 7.89. The van der Waals surface area contributed by atoms with Crippen LogP contribution < -0.4 is 9.62 Å². The number of rotatable bonds is 6. The van der Waals surface area contributed by atoms with Gasteiger partial charge in [0.1, 0.15) is 5.54 Å². The maximum atomic E-state index is 13.7. The molecular formula is C19H17F4N7OS2. The molecule has 174 valence electrons. The van der Waals surface area contributed by atoms with E-state index in [2.05, 4.69) is 26.1 Å². The Bertz CT molecular complexity index is 1230. The quantitative estimate of drug-likeness (QED) is 0.407. The summed E-state index contributed by atoms with van der Waals surface area (Å²) in [5, 5.41) is 21.1. The lowest BCUT2D eigenvalue weighted by Gasteiger charge is -2.33. The van der Waals surface area contributed by atoms with Gasteiger partial charge >= 0.3 is 0 Å². The van der Waals surface area contributed by atoms with E-state index in [-0.39, 0.29) is 31.1 Å². The average molecular weight is 500 g/mol. The SMILES string of the molecule is N#CC1(N[S+]([O-])c2cc(N3CCC(F)(F)CC3)c3cnn(-c4nnc(C(F)F)s4)c3c2)CC1. The zero-order chi connectivity index (χ0) is 23.4. The number of alkyl halides is 4. The Morgan fingerprint density at radius 3 is 2.52 bits per heavy atom. The zero-order valence-corrected chi connectivity index (χ0v) is 18.6.